The Morgan fingerprint density at radius 2 is 2.07 bits per heavy atom. The van der Waals surface area contributed by atoms with Gasteiger partial charge in [-0.3, -0.25) is 0 Å². The molecule has 0 radical (unpaired) electrons. The lowest BCUT2D eigenvalue weighted by Crippen LogP contribution is -2.06. The molecule has 0 aliphatic heterocycles. The Balaban J connectivity index is 3.30. The third-order valence-corrected chi connectivity index (χ3v) is 2.88. The minimum atomic E-state index is -0.339. The number of hydrogen-bond donors (Lipinski definition) is 0. The Kier molecular flexibility index (Phi) is 4.15. The highest BCUT2D eigenvalue weighted by molar-refractivity contribution is 9.08. The van der Waals surface area contributed by atoms with Crippen molar-refractivity contribution in [2.24, 2.45) is 0 Å². The molecule has 3 nitrogen and oxygen atoms in total. The smallest absolute Gasteiger partial charge is 0.338 e. The van der Waals surface area contributed by atoms with Gasteiger partial charge in [-0.25, -0.2) is 4.79 Å². The van der Waals surface area contributed by atoms with Gasteiger partial charge in [-0.2, -0.15) is 0 Å². The molecule has 0 aromatic heterocycles. The van der Waals surface area contributed by atoms with Crippen molar-refractivity contribution < 1.29 is 14.3 Å². The average Bonchev–Trinajstić information content (AvgIpc) is 2.28. The molecule has 0 saturated heterocycles. The van der Waals surface area contributed by atoms with Crippen LogP contribution in [0.25, 0.3) is 0 Å². The van der Waals surface area contributed by atoms with Crippen LogP contribution < -0.4 is 4.74 Å². The molecular weight excluding hydrogens is 260 g/mol. The maximum Gasteiger partial charge on any atom is 0.338 e. The van der Waals surface area contributed by atoms with Crippen molar-refractivity contribution in [2.45, 2.75) is 12.3 Å². The Morgan fingerprint density at radius 3 is 2.53 bits per heavy atom. The van der Waals surface area contributed by atoms with Gasteiger partial charge in [0, 0.05) is 5.33 Å². The molecule has 0 unspecified atom stereocenters. The molecule has 1 aromatic rings. The first-order valence-electron chi connectivity index (χ1n) is 4.45. The van der Waals surface area contributed by atoms with Crippen LogP contribution in [0.5, 0.6) is 5.75 Å². The second-order valence-corrected chi connectivity index (χ2v) is 3.65. The summed E-state index contributed by atoms with van der Waals surface area (Å²) in [5, 5.41) is 0.681. The summed E-state index contributed by atoms with van der Waals surface area (Å²) in [6.45, 7) is 1.89. The van der Waals surface area contributed by atoms with Gasteiger partial charge in [-0.15, -0.1) is 0 Å². The van der Waals surface area contributed by atoms with E-state index in [9.17, 15) is 4.79 Å². The topological polar surface area (TPSA) is 35.5 Å². The molecule has 0 saturated carbocycles. The van der Waals surface area contributed by atoms with Crippen molar-refractivity contribution in [3.8, 4) is 5.75 Å². The van der Waals surface area contributed by atoms with Crippen molar-refractivity contribution in [3.05, 3.63) is 28.8 Å². The minimum absolute atomic E-state index is 0.339. The predicted octanol–water partition coefficient (Wildman–Crippen LogP) is 2.69. The summed E-state index contributed by atoms with van der Waals surface area (Å²) in [5.41, 5.74) is 2.49. The van der Waals surface area contributed by atoms with E-state index in [1.54, 1.807) is 13.2 Å². The number of ether oxygens (including phenoxy) is 2. The van der Waals surface area contributed by atoms with Gasteiger partial charge in [0.2, 0.25) is 0 Å². The number of halogens is 1. The summed E-state index contributed by atoms with van der Waals surface area (Å²) < 4.78 is 9.82. The molecule has 0 bridgehead atoms. The van der Waals surface area contributed by atoms with Gasteiger partial charge in [-0.1, -0.05) is 15.9 Å². The normalized spacial score (nSPS) is 9.87. The molecule has 0 N–H and O–H groups in total. The number of rotatable bonds is 3. The van der Waals surface area contributed by atoms with Gasteiger partial charge in [0.1, 0.15) is 5.75 Å². The Labute approximate surface area is 97.5 Å². The average molecular weight is 273 g/mol. The third-order valence-electron chi connectivity index (χ3n) is 2.27. The fraction of sp³-hybridized carbons (Fsp3) is 0.364. The van der Waals surface area contributed by atoms with Crippen LogP contribution in [-0.4, -0.2) is 20.2 Å². The van der Waals surface area contributed by atoms with E-state index < -0.39 is 0 Å². The number of alkyl halides is 1. The van der Waals surface area contributed by atoms with Crippen LogP contribution in [0.4, 0.5) is 0 Å². The Hall–Kier alpha value is -1.03. The van der Waals surface area contributed by atoms with Crippen LogP contribution in [-0.2, 0) is 10.1 Å². The summed E-state index contributed by atoms with van der Waals surface area (Å²) in [5.74, 6) is 0.323. The van der Waals surface area contributed by atoms with Gasteiger partial charge >= 0.3 is 5.97 Å². The van der Waals surface area contributed by atoms with Gasteiger partial charge < -0.3 is 9.47 Å². The summed E-state index contributed by atoms with van der Waals surface area (Å²) in [6.07, 6.45) is 0. The van der Waals surface area contributed by atoms with E-state index in [4.69, 9.17) is 9.47 Å². The van der Waals surface area contributed by atoms with Crippen molar-refractivity contribution in [1.82, 2.24) is 0 Å². The van der Waals surface area contributed by atoms with E-state index in [0.29, 0.717) is 16.6 Å². The predicted molar refractivity (Wildman–Crippen MR) is 61.7 cm³/mol. The first-order valence-corrected chi connectivity index (χ1v) is 5.58. The van der Waals surface area contributed by atoms with Gasteiger partial charge in [-0.05, 0) is 30.2 Å². The summed E-state index contributed by atoms with van der Waals surface area (Å²) >= 11 is 3.37. The molecule has 0 aliphatic rings. The fourth-order valence-electron chi connectivity index (χ4n) is 1.32. The lowest BCUT2D eigenvalue weighted by molar-refractivity contribution is 0.0599. The number of carbonyl (C=O) groups is 1. The maximum absolute atomic E-state index is 11.5. The van der Waals surface area contributed by atoms with Crippen molar-refractivity contribution in [2.75, 3.05) is 14.2 Å². The Bertz CT molecular complexity index is 374. The zero-order valence-corrected chi connectivity index (χ0v) is 10.6. The molecule has 4 heteroatoms. The first kappa shape index (κ1) is 12.0. The quantitative estimate of drug-likeness (QED) is 0.627. The summed E-state index contributed by atoms with van der Waals surface area (Å²) in [4.78, 5) is 11.5. The van der Waals surface area contributed by atoms with Gasteiger partial charge in [0.05, 0.1) is 19.8 Å². The molecule has 0 aliphatic carbocycles. The van der Waals surface area contributed by atoms with E-state index in [-0.39, 0.29) is 5.97 Å². The van der Waals surface area contributed by atoms with Crippen LogP contribution in [0.3, 0.4) is 0 Å². The zero-order valence-electron chi connectivity index (χ0n) is 8.96. The molecule has 0 spiro atoms. The van der Waals surface area contributed by atoms with Crippen LogP contribution >= 0.6 is 15.9 Å². The lowest BCUT2D eigenvalue weighted by Gasteiger charge is -2.10. The number of esters is 1. The third kappa shape index (κ3) is 2.50. The highest BCUT2D eigenvalue weighted by Gasteiger charge is 2.13. The Morgan fingerprint density at radius 1 is 1.40 bits per heavy atom. The summed E-state index contributed by atoms with van der Waals surface area (Å²) in [7, 11) is 2.94. The van der Waals surface area contributed by atoms with E-state index in [0.717, 1.165) is 11.1 Å². The lowest BCUT2D eigenvalue weighted by atomic mass is 10.0. The second kappa shape index (κ2) is 5.16. The number of benzene rings is 1. The van der Waals surface area contributed by atoms with Crippen LogP contribution in [0.15, 0.2) is 12.1 Å². The zero-order chi connectivity index (χ0) is 11.4. The van der Waals surface area contributed by atoms with Gasteiger partial charge in [0.25, 0.3) is 0 Å². The minimum Gasteiger partial charge on any atom is -0.497 e. The SMILES string of the molecule is COC(=O)c1cc(OC)cc(CBr)c1C. The fourth-order valence-corrected chi connectivity index (χ4v) is 1.91. The molecule has 0 atom stereocenters. The number of carbonyl (C=O) groups excluding carboxylic acids is 1. The van der Waals surface area contributed by atoms with Gasteiger partial charge in [0.15, 0.2) is 0 Å². The molecule has 0 amide bonds. The largest absolute Gasteiger partial charge is 0.497 e. The summed E-state index contributed by atoms with van der Waals surface area (Å²) in [6, 6.07) is 3.59. The molecule has 0 fully saturated rings. The van der Waals surface area contributed by atoms with E-state index in [2.05, 4.69) is 15.9 Å². The van der Waals surface area contributed by atoms with Crippen molar-refractivity contribution in [3.63, 3.8) is 0 Å². The molecule has 0 heterocycles. The monoisotopic (exact) mass is 272 g/mol. The number of hydrogen-bond acceptors (Lipinski definition) is 3. The molecule has 15 heavy (non-hydrogen) atoms. The maximum atomic E-state index is 11.5. The standard InChI is InChI=1S/C11H13BrO3/c1-7-8(6-12)4-9(14-2)5-10(7)11(13)15-3/h4-5H,6H2,1-3H3. The molecular formula is C11H13BrO3. The number of methoxy groups -OCH3 is 2. The van der Waals surface area contributed by atoms with E-state index >= 15 is 0 Å². The van der Waals surface area contributed by atoms with Crippen LogP contribution in [0.1, 0.15) is 21.5 Å². The first-order chi connectivity index (χ1) is 7.13. The second-order valence-electron chi connectivity index (χ2n) is 3.08. The molecule has 1 aromatic carbocycles. The highest BCUT2D eigenvalue weighted by atomic mass is 79.9. The molecule has 1 rings (SSSR count). The van der Waals surface area contributed by atoms with Crippen molar-refractivity contribution in [1.29, 1.82) is 0 Å². The van der Waals surface area contributed by atoms with Crippen LogP contribution in [0, 0.1) is 6.92 Å². The van der Waals surface area contributed by atoms with Crippen molar-refractivity contribution >= 4 is 21.9 Å². The molecule has 82 valence electrons. The highest BCUT2D eigenvalue weighted by Crippen LogP contribution is 2.24. The van der Waals surface area contributed by atoms with E-state index in [1.807, 2.05) is 13.0 Å². The van der Waals surface area contributed by atoms with E-state index in [1.165, 1.54) is 7.11 Å². The van der Waals surface area contributed by atoms with Crippen LogP contribution in [0.2, 0.25) is 0 Å².